The highest BCUT2D eigenvalue weighted by Gasteiger charge is 2.22. The molecule has 20 heavy (non-hydrogen) atoms. The average molecular weight is 297 g/mol. The fourth-order valence-electron chi connectivity index (χ4n) is 2.07. The second-order valence-electron chi connectivity index (χ2n) is 4.31. The van der Waals surface area contributed by atoms with Gasteiger partial charge in [0.15, 0.2) is 0 Å². The molecule has 0 bridgehead atoms. The van der Waals surface area contributed by atoms with Crippen LogP contribution in [0.5, 0.6) is 0 Å². The molecule has 0 aromatic heterocycles. The molecule has 4 heteroatoms. The number of benzene rings is 2. The maximum atomic E-state index is 11.7. The number of carbonyl (C=O) groups excluding carboxylic acids is 1. The van der Waals surface area contributed by atoms with E-state index >= 15 is 0 Å². The van der Waals surface area contributed by atoms with Crippen LogP contribution in [0, 0.1) is 0 Å². The van der Waals surface area contributed by atoms with Gasteiger partial charge in [0.25, 0.3) is 5.91 Å². The van der Waals surface area contributed by atoms with Crippen LogP contribution in [0.2, 0.25) is 0 Å². The Bertz CT molecular complexity index is 707. The summed E-state index contributed by atoms with van der Waals surface area (Å²) >= 11 is 6.31. The second-order valence-corrected chi connectivity index (χ2v) is 6.02. The fourth-order valence-corrected chi connectivity index (χ4v) is 3.10. The molecule has 1 fully saturated rings. The summed E-state index contributed by atoms with van der Waals surface area (Å²) in [7, 11) is 0. The molecular formula is C16H11NOS2. The van der Waals surface area contributed by atoms with Crippen molar-refractivity contribution < 1.29 is 4.79 Å². The lowest BCUT2D eigenvalue weighted by Gasteiger charge is -2.06. The molecule has 98 valence electrons. The van der Waals surface area contributed by atoms with E-state index in [-0.39, 0.29) is 5.91 Å². The maximum absolute atomic E-state index is 11.7. The minimum Gasteiger partial charge on any atom is -0.307 e. The molecule has 1 saturated heterocycles. The third kappa shape index (κ3) is 2.66. The molecule has 1 heterocycles. The van der Waals surface area contributed by atoms with Crippen LogP contribution in [0.3, 0.4) is 0 Å². The first kappa shape index (κ1) is 13.1. The van der Waals surface area contributed by atoms with Crippen LogP contribution in [-0.2, 0) is 4.79 Å². The highest BCUT2D eigenvalue weighted by atomic mass is 32.2. The predicted molar refractivity (Wildman–Crippen MR) is 88.2 cm³/mol. The molecule has 0 unspecified atom stereocenters. The number of amides is 1. The van der Waals surface area contributed by atoms with Crippen molar-refractivity contribution in [1.82, 2.24) is 5.32 Å². The highest BCUT2D eigenvalue weighted by molar-refractivity contribution is 8.26. The molecule has 1 aliphatic rings. The average Bonchev–Trinajstić information content (AvgIpc) is 2.78. The number of hydrogen-bond acceptors (Lipinski definition) is 3. The van der Waals surface area contributed by atoms with Crippen molar-refractivity contribution in [2.75, 3.05) is 0 Å². The first-order valence-corrected chi connectivity index (χ1v) is 7.36. The van der Waals surface area contributed by atoms with E-state index in [2.05, 4.69) is 23.5 Å². The van der Waals surface area contributed by atoms with Gasteiger partial charge in [-0.25, -0.2) is 0 Å². The lowest BCUT2D eigenvalue weighted by molar-refractivity contribution is -0.115. The van der Waals surface area contributed by atoms with Gasteiger partial charge in [-0.2, -0.15) is 0 Å². The van der Waals surface area contributed by atoms with E-state index in [0.29, 0.717) is 9.23 Å². The second kappa shape index (κ2) is 5.61. The number of thioether (sulfide) groups is 1. The van der Waals surface area contributed by atoms with E-state index in [4.69, 9.17) is 12.2 Å². The van der Waals surface area contributed by atoms with Crippen molar-refractivity contribution in [2.24, 2.45) is 0 Å². The summed E-state index contributed by atoms with van der Waals surface area (Å²) < 4.78 is 0.512. The van der Waals surface area contributed by atoms with Gasteiger partial charge >= 0.3 is 0 Å². The van der Waals surface area contributed by atoms with Gasteiger partial charge in [0.05, 0.1) is 4.91 Å². The van der Waals surface area contributed by atoms with Crippen LogP contribution < -0.4 is 5.32 Å². The topological polar surface area (TPSA) is 29.1 Å². The molecule has 0 aliphatic carbocycles. The summed E-state index contributed by atoms with van der Waals surface area (Å²) in [4.78, 5) is 12.4. The summed E-state index contributed by atoms with van der Waals surface area (Å²) in [6.45, 7) is 0. The molecule has 0 atom stereocenters. The lowest BCUT2D eigenvalue weighted by atomic mass is 9.99. The monoisotopic (exact) mass is 297 g/mol. The maximum Gasteiger partial charge on any atom is 0.263 e. The SMILES string of the molecule is O=C1NC(=S)S/C1=C\c1ccccc1-c1ccccc1. The van der Waals surface area contributed by atoms with E-state index < -0.39 is 0 Å². The predicted octanol–water partition coefficient (Wildman–Crippen LogP) is 3.84. The van der Waals surface area contributed by atoms with Crippen molar-refractivity contribution in [2.45, 2.75) is 0 Å². The highest BCUT2D eigenvalue weighted by Crippen LogP contribution is 2.30. The number of rotatable bonds is 2. The summed E-state index contributed by atoms with van der Waals surface area (Å²) in [5.74, 6) is -0.122. The van der Waals surface area contributed by atoms with E-state index in [9.17, 15) is 4.79 Å². The Labute approximate surface area is 126 Å². The van der Waals surface area contributed by atoms with Gasteiger partial charge in [-0.3, -0.25) is 4.79 Å². The third-order valence-corrected chi connectivity index (χ3v) is 4.14. The summed E-state index contributed by atoms with van der Waals surface area (Å²) in [6, 6.07) is 18.1. The van der Waals surface area contributed by atoms with Gasteiger partial charge in [0.1, 0.15) is 4.32 Å². The number of nitrogens with one attached hydrogen (secondary N) is 1. The smallest absolute Gasteiger partial charge is 0.263 e. The van der Waals surface area contributed by atoms with Crippen LogP contribution in [0.4, 0.5) is 0 Å². The minimum absolute atomic E-state index is 0.122. The molecule has 2 aromatic rings. The minimum atomic E-state index is -0.122. The first-order valence-electron chi connectivity index (χ1n) is 6.13. The van der Waals surface area contributed by atoms with E-state index in [1.54, 1.807) is 0 Å². The Morgan fingerprint density at radius 3 is 2.40 bits per heavy atom. The van der Waals surface area contributed by atoms with E-state index in [1.165, 1.54) is 11.8 Å². The van der Waals surface area contributed by atoms with Crippen molar-refractivity contribution in [3.63, 3.8) is 0 Å². The zero-order chi connectivity index (χ0) is 13.9. The van der Waals surface area contributed by atoms with Crippen LogP contribution >= 0.6 is 24.0 Å². The van der Waals surface area contributed by atoms with Crippen LogP contribution in [0.1, 0.15) is 5.56 Å². The van der Waals surface area contributed by atoms with Crippen molar-refractivity contribution in [3.05, 3.63) is 65.1 Å². The number of carbonyl (C=O) groups is 1. The van der Waals surface area contributed by atoms with E-state index in [1.807, 2.05) is 42.5 Å². The van der Waals surface area contributed by atoms with Gasteiger partial charge < -0.3 is 5.32 Å². The Hall–Kier alpha value is -1.91. The van der Waals surface area contributed by atoms with Gasteiger partial charge in [-0.15, -0.1) is 0 Å². The Kier molecular flexibility index (Phi) is 3.67. The Morgan fingerprint density at radius 2 is 1.70 bits per heavy atom. The molecule has 3 rings (SSSR count). The molecule has 2 aromatic carbocycles. The van der Waals surface area contributed by atoms with Crippen LogP contribution in [0.15, 0.2) is 59.5 Å². The number of thiocarbonyl (C=S) groups is 1. The van der Waals surface area contributed by atoms with Gasteiger partial charge in [0.2, 0.25) is 0 Å². The lowest BCUT2D eigenvalue weighted by Crippen LogP contribution is -2.17. The largest absolute Gasteiger partial charge is 0.307 e. The summed E-state index contributed by atoms with van der Waals surface area (Å²) in [5, 5.41) is 2.63. The fraction of sp³-hybridized carbons (Fsp3) is 0. The molecule has 0 saturated carbocycles. The molecule has 2 nitrogen and oxygen atoms in total. The zero-order valence-electron chi connectivity index (χ0n) is 10.5. The van der Waals surface area contributed by atoms with Crippen molar-refractivity contribution in [3.8, 4) is 11.1 Å². The molecule has 1 N–H and O–H groups in total. The summed E-state index contributed by atoms with van der Waals surface area (Å²) in [6.07, 6.45) is 1.89. The molecular weight excluding hydrogens is 286 g/mol. The van der Waals surface area contributed by atoms with E-state index in [0.717, 1.165) is 16.7 Å². The van der Waals surface area contributed by atoms with Crippen LogP contribution in [-0.4, -0.2) is 10.2 Å². The Morgan fingerprint density at radius 1 is 1.00 bits per heavy atom. The Balaban J connectivity index is 2.05. The molecule has 1 aliphatic heterocycles. The van der Waals surface area contributed by atoms with Crippen molar-refractivity contribution >= 4 is 40.3 Å². The third-order valence-electron chi connectivity index (χ3n) is 2.97. The quantitative estimate of drug-likeness (QED) is 0.674. The van der Waals surface area contributed by atoms with Gasteiger partial charge in [-0.1, -0.05) is 78.6 Å². The van der Waals surface area contributed by atoms with Crippen molar-refractivity contribution in [1.29, 1.82) is 0 Å². The molecule has 0 radical (unpaired) electrons. The first-order chi connectivity index (χ1) is 9.74. The van der Waals surface area contributed by atoms with Gasteiger partial charge in [-0.05, 0) is 22.8 Å². The summed E-state index contributed by atoms with van der Waals surface area (Å²) in [5.41, 5.74) is 3.25. The normalized spacial score (nSPS) is 16.5. The zero-order valence-corrected chi connectivity index (χ0v) is 12.1. The number of hydrogen-bond donors (Lipinski definition) is 1. The standard InChI is InChI=1S/C16H11NOS2/c18-15-14(20-16(19)17-15)10-12-8-4-5-9-13(12)11-6-2-1-3-7-11/h1-10H,(H,17,18,19)/b14-10-. The van der Waals surface area contributed by atoms with Crippen LogP contribution in [0.25, 0.3) is 17.2 Å². The molecule has 1 amide bonds. The molecule has 0 spiro atoms. The van der Waals surface area contributed by atoms with Gasteiger partial charge in [0, 0.05) is 0 Å².